The lowest BCUT2D eigenvalue weighted by atomic mass is 10.2. The molecule has 2 aromatic carbocycles. The van der Waals surface area contributed by atoms with Gasteiger partial charge in [-0.1, -0.05) is 42.1 Å². The summed E-state index contributed by atoms with van der Waals surface area (Å²) in [5.41, 5.74) is 1.56. The molecule has 0 unspecified atom stereocenters. The molecule has 4 rings (SSSR count). The third-order valence-electron chi connectivity index (χ3n) is 5.02. The van der Waals surface area contributed by atoms with E-state index in [2.05, 4.69) is 10.2 Å². The number of rotatable bonds is 9. The highest BCUT2D eigenvalue weighted by Crippen LogP contribution is 2.34. The Hall–Kier alpha value is -3.17. The Morgan fingerprint density at radius 1 is 1.15 bits per heavy atom. The molecule has 0 atom stereocenters. The van der Waals surface area contributed by atoms with Crippen LogP contribution < -0.4 is 4.74 Å². The fourth-order valence-electron chi connectivity index (χ4n) is 3.41. The van der Waals surface area contributed by atoms with E-state index in [0.29, 0.717) is 29.8 Å². The zero-order chi connectivity index (χ0) is 23.2. The van der Waals surface area contributed by atoms with Gasteiger partial charge in [0.05, 0.1) is 23.4 Å². The van der Waals surface area contributed by atoms with Crippen LogP contribution in [0.4, 0.5) is 4.39 Å². The van der Waals surface area contributed by atoms with Gasteiger partial charge in [0, 0.05) is 13.1 Å². The number of carbonyl (C=O) groups excluding carboxylic acids is 1. The van der Waals surface area contributed by atoms with E-state index in [4.69, 9.17) is 4.74 Å². The maximum Gasteiger partial charge on any atom is 0.233 e. The zero-order valence-corrected chi connectivity index (χ0v) is 19.9. The summed E-state index contributed by atoms with van der Waals surface area (Å²) in [4.78, 5) is 15.6. The van der Waals surface area contributed by atoms with Crippen LogP contribution in [0.2, 0.25) is 0 Å². The Bertz CT molecular complexity index is 1230. The third-order valence-corrected chi connectivity index (χ3v) is 6.80. The summed E-state index contributed by atoms with van der Waals surface area (Å²) >= 11 is 2.89. The van der Waals surface area contributed by atoms with Crippen molar-refractivity contribution in [2.45, 2.75) is 18.6 Å². The van der Waals surface area contributed by atoms with Crippen molar-refractivity contribution in [1.29, 1.82) is 0 Å². The number of thioether (sulfide) groups is 1. The third kappa shape index (κ3) is 5.26. The van der Waals surface area contributed by atoms with Gasteiger partial charge in [0.25, 0.3) is 0 Å². The number of para-hydroxylation sites is 2. The molecule has 170 valence electrons. The van der Waals surface area contributed by atoms with Crippen LogP contribution in [0.3, 0.4) is 0 Å². The Morgan fingerprint density at radius 2 is 2.00 bits per heavy atom. The molecule has 0 bridgehead atoms. The Kier molecular flexibility index (Phi) is 7.41. The molecule has 0 aliphatic carbocycles. The number of thiophene rings is 1. The first-order chi connectivity index (χ1) is 16.1. The smallest absolute Gasteiger partial charge is 0.233 e. The van der Waals surface area contributed by atoms with Crippen molar-refractivity contribution in [3.8, 4) is 22.1 Å². The van der Waals surface area contributed by atoms with Gasteiger partial charge < -0.3 is 9.64 Å². The lowest BCUT2D eigenvalue weighted by molar-refractivity contribution is -0.128. The van der Waals surface area contributed by atoms with E-state index in [1.165, 1.54) is 23.9 Å². The first-order valence-corrected chi connectivity index (χ1v) is 12.2. The number of carbonyl (C=O) groups is 1. The quantitative estimate of drug-likeness (QED) is 0.304. The van der Waals surface area contributed by atoms with E-state index in [9.17, 15) is 9.18 Å². The van der Waals surface area contributed by atoms with Crippen molar-refractivity contribution in [2.24, 2.45) is 0 Å². The molecule has 9 heteroatoms. The molecule has 0 spiro atoms. The van der Waals surface area contributed by atoms with Gasteiger partial charge in [0.15, 0.2) is 11.0 Å². The molecule has 6 nitrogen and oxygen atoms in total. The lowest BCUT2D eigenvalue weighted by Crippen LogP contribution is -2.31. The van der Waals surface area contributed by atoms with Crippen LogP contribution in [0.25, 0.3) is 16.4 Å². The van der Waals surface area contributed by atoms with Gasteiger partial charge in [-0.2, -0.15) is 0 Å². The minimum absolute atomic E-state index is 0.0565. The molecular weight excluding hydrogens is 459 g/mol. The zero-order valence-electron chi connectivity index (χ0n) is 18.3. The predicted molar refractivity (Wildman–Crippen MR) is 129 cm³/mol. The van der Waals surface area contributed by atoms with Gasteiger partial charge >= 0.3 is 0 Å². The summed E-state index contributed by atoms with van der Waals surface area (Å²) in [6.07, 6.45) is 0. The monoisotopic (exact) mass is 482 g/mol. The minimum atomic E-state index is -0.309. The number of hydrogen-bond acceptors (Lipinski definition) is 6. The molecular formula is C24H23FN4O2S2. The van der Waals surface area contributed by atoms with E-state index in [-0.39, 0.29) is 17.5 Å². The van der Waals surface area contributed by atoms with E-state index in [1.54, 1.807) is 29.4 Å². The molecule has 0 radical (unpaired) electrons. The molecule has 4 aromatic rings. The van der Waals surface area contributed by atoms with Crippen molar-refractivity contribution < 1.29 is 13.9 Å². The topological polar surface area (TPSA) is 60.2 Å². The molecule has 1 amide bonds. The number of amides is 1. The second-order valence-corrected chi connectivity index (χ2v) is 9.01. The molecule has 2 heterocycles. The number of halogens is 1. The number of methoxy groups -OCH3 is 1. The van der Waals surface area contributed by atoms with Gasteiger partial charge in [-0.15, -0.1) is 21.5 Å². The second-order valence-electron chi connectivity index (χ2n) is 7.12. The van der Waals surface area contributed by atoms with Gasteiger partial charge in [0.1, 0.15) is 11.6 Å². The molecule has 0 N–H and O–H groups in total. The summed E-state index contributed by atoms with van der Waals surface area (Å²) in [5, 5.41) is 11.4. The van der Waals surface area contributed by atoms with Crippen molar-refractivity contribution in [3.63, 3.8) is 0 Å². The minimum Gasteiger partial charge on any atom is -0.495 e. The van der Waals surface area contributed by atoms with E-state index >= 15 is 0 Å². The number of ether oxygens (including phenoxy) is 1. The van der Waals surface area contributed by atoms with Crippen LogP contribution in [0.5, 0.6) is 5.75 Å². The Balaban J connectivity index is 1.58. The van der Waals surface area contributed by atoms with Crippen LogP contribution in [0, 0.1) is 5.82 Å². The molecule has 0 saturated carbocycles. The van der Waals surface area contributed by atoms with Gasteiger partial charge in [0.2, 0.25) is 5.91 Å². The number of benzene rings is 2. The number of aromatic nitrogens is 3. The molecule has 33 heavy (non-hydrogen) atoms. The normalized spacial score (nSPS) is 10.9. The average Bonchev–Trinajstić information content (AvgIpc) is 3.51. The van der Waals surface area contributed by atoms with E-state index in [1.807, 2.05) is 59.3 Å². The SMILES string of the molecule is CCN(Cc1cccc(F)c1)C(=O)CSc1nnc(-c2cccs2)n1-c1ccccc1OC. The number of nitrogens with zero attached hydrogens (tertiary/aromatic N) is 4. The van der Waals surface area contributed by atoms with E-state index < -0.39 is 0 Å². The summed E-state index contributed by atoms with van der Waals surface area (Å²) in [5.74, 6) is 1.19. The maximum absolute atomic E-state index is 13.5. The standard InChI is InChI=1S/C24H23FN4O2S2/c1-3-28(15-17-8-6-9-18(25)14-17)22(30)16-33-24-27-26-23(21-12-7-13-32-21)29(24)19-10-4-5-11-20(19)31-2/h4-14H,3,15-16H2,1-2H3. The molecule has 2 aromatic heterocycles. The van der Waals surface area contributed by atoms with Crippen LogP contribution in [0.15, 0.2) is 71.2 Å². The van der Waals surface area contributed by atoms with Crippen LogP contribution in [0.1, 0.15) is 12.5 Å². The lowest BCUT2D eigenvalue weighted by Gasteiger charge is -2.21. The molecule has 0 aliphatic heterocycles. The first kappa shape index (κ1) is 23.0. The van der Waals surface area contributed by atoms with Crippen molar-refractivity contribution >= 4 is 29.0 Å². The summed E-state index contributed by atoms with van der Waals surface area (Å²) in [6, 6.07) is 17.9. The Morgan fingerprint density at radius 3 is 2.73 bits per heavy atom. The predicted octanol–water partition coefficient (Wildman–Crippen LogP) is 5.28. The average molecular weight is 483 g/mol. The van der Waals surface area contributed by atoms with Crippen LogP contribution in [-0.2, 0) is 11.3 Å². The fraction of sp³-hybridized carbons (Fsp3) is 0.208. The molecule has 0 aliphatic rings. The summed E-state index contributed by atoms with van der Waals surface area (Å²) in [7, 11) is 1.62. The highest BCUT2D eigenvalue weighted by Gasteiger charge is 2.21. The highest BCUT2D eigenvalue weighted by molar-refractivity contribution is 7.99. The highest BCUT2D eigenvalue weighted by atomic mass is 32.2. The van der Waals surface area contributed by atoms with Gasteiger partial charge in [-0.3, -0.25) is 9.36 Å². The fourth-order valence-corrected chi connectivity index (χ4v) is 4.96. The van der Waals surface area contributed by atoms with Crippen molar-refractivity contribution in [2.75, 3.05) is 19.4 Å². The molecule has 0 fully saturated rings. The molecule has 0 saturated heterocycles. The summed E-state index contributed by atoms with van der Waals surface area (Å²) < 4.78 is 21.0. The first-order valence-electron chi connectivity index (χ1n) is 10.4. The largest absolute Gasteiger partial charge is 0.495 e. The number of hydrogen-bond donors (Lipinski definition) is 0. The summed E-state index contributed by atoms with van der Waals surface area (Å²) in [6.45, 7) is 2.79. The van der Waals surface area contributed by atoms with Gasteiger partial charge in [-0.25, -0.2) is 4.39 Å². The van der Waals surface area contributed by atoms with Crippen molar-refractivity contribution in [1.82, 2.24) is 19.7 Å². The Labute approximate surface area is 200 Å². The van der Waals surface area contributed by atoms with E-state index in [0.717, 1.165) is 16.1 Å². The van der Waals surface area contributed by atoms with Crippen LogP contribution >= 0.6 is 23.1 Å². The van der Waals surface area contributed by atoms with Gasteiger partial charge in [-0.05, 0) is 48.2 Å². The van der Waals surface area contributed by atoms with Crippen molar-refractivity contribution in [3.05, 3.63) is 77.4 Å². The maximum atomic E-state index is 13.5. The van der Waals surface area contributed by atoms with Crippen LogP contribution in [-0.4, -0.2) is 45.0 Å². The second kappa shape index (κ2) is 10.6.